The predicted octanol–water partition coefficient (Wildman–Crippen LogP) is 1.42. The number of nitrogens with zero attached hydrogens (tertiary/aromatic N) is 4. The molecular weight excluding hydrogens is 176 g/mol. The van der Waals surface area contributed by atoms with Gasteiger partial charge in [-0.05, 0) is 18.8 Å². The summed E-state index contributed by atoms with van der Waals surface area (Å²) in [7, 11) is 0. The van der Waals surface area contributed by atoms with Gasteiger partial charge in [-0.2, -0.15) is 10.4 Å². The molecule has 2 heterocycles. The molecule has 0 aromatic carbocycles. The van der Waals surface area contributed by atoms with Crippen molar-refractivity contribution < 1.29 is 0 Å². The Morgan fingerprint density at radius 3 is 3.07 bits per heavy atom. The molecule has 0 saturated heterocycles. The van der Waals surface area contributed by atoms with Gasteiger partial charge in [-0.25, -0.2) is 4.52 Å². The molecular formula is C10H10N4. The summed E-state index contributed by atoms with van der Waals surface area (Å²) in [5.41, 5.74) is 1.59. The summed E-state index contributed by atoms with van der Waals surface area (Å²) in [5.74, 6) is 0.813. The Morgan fingerprint density at radius 2 is 2.36 bits per heavy atom. The van der Waals surface area contributed by atoms with E-state index < -0.39 is 0 Å². The van der Waals surface area contributed by atoms with Gasteiger partial charge in [0.2, 0.25) is 0 Å². The monoisotopic (exact) mass is 186 g/mol. The Bertz CT molecular complexity index is 510. The zero-order valence-corrected chi connectivity index (χ0v) is 7.72. The molecule has 4 heteroatoms. The highest BCUT2D eigenvalue weighted by molar-refractivity contribution is 5.55. The maximum atomic E-state index is 8.90. The van der Waals surface area contributed by atoms with Crippen molar-refractivity contribution in [1.82, 2.24) is 14.2 Å². The third-order valence-corrected chi connectivity index (χ3v) is 2.70. The van der Waals surface area contributed by atoms with Crippen molar-refractivity contribution >= 4 is 5.65 Å². The Morgan fingerprint density at radius 1 is 1.50 bits per heavy atom. The van der Waals surface area contributed by atoms with Gasteiger partial charge < -0.3 is 4.57 Å². The van der Waals surface area contributed by atoms with E-state index in [1.165, 1.54) is 12.8 Å². The second-order valence-corrected chi connectivity index (χ2v) is 3.83. The molecule has 70 valence electrons. The molecule has 1 fully saturated rings. The normalized spacial score (nSPS) is 15.9. The molecule has 1 saturated carbocycles. The van der Waals surface area contributed by atoms with E-state index in [1.807, 2.05) is 12.4 Å². The fraction of sp³-hybridized carbons (Fsp3) is 0.400. The highest BCUT2D eigenvalue weighted by atomic mass is 15.3. The van der Waals surface area contributed by atoms with Crippen LogP contribution in [0.25, 0.3) is 5.65 Å². The molecule has 0 radical (unpaired) electrons. The van der Waals surface area contributed by atoms with Gasteiger partial charge in [-0.3, -0.25) is 0 Å². The predicted molar refractivity (Wildman–Crippen MR) is 50.6 cm³/mol. The Balaban J connectivity index is 2.12. The van der Waals surface area contributed by atoms with Crippen molar-refractivity contribution in [3.05, 3.63) is 24.2 Å². The van der Waals surface area contributed by atoms with Crippen molar-refractivity contribution in [3.63, 3.8) is 0 Å². The summed E-state index contributed by atoms with van der Waals surface area (Å²) in [6, 6.07) is 2.17. The molecule has 0 unspecified atom stereocenters. The summed E-state index contributed by atoms with van der Waals surface area (Å²) >= 11 is 0. The first-order valence-corrected chi connectivity index (χ1v) is 4.81. The van der Waals surface area contributed by atoms with E-state index in [2.05, 4.69) is 15.7 Å². The number of fused-ring (bicyclic) bond motifs is 1. The van der Waals surface area contributed by atoms with Gasteiger partial charge in [-0.1, -0.05) is 0 Å². The second-order valence-electron chi connectivity index (χ2n) is 3.83. The molecule has 0 bridgehead atoms. The SMILES string of the molecule is N#Cc1cnn2ccn(CC3CC3)c12. The molecule has 2 aromatic rings. The Kier molecular flexibility index (Phi) is 1.42. The maximum Gasteiger partial charge on any atom is 0.153 e. The van der Waals surface area contributed by atoms with Crippen LogP contribution in [0.3, 0.4) is 0 Å². The van der Waals surface area contributed by atoms with Crippen LogP contribution in [0.4, 0.5) is 0 Å². The van der Waals surface area contributed by atoms with Crippen LogP contribution in [0.15, 0.2) is 18.6 Å². The van der Waals surface area contributed by atoms with E-state index in [9.17, 15) is 0 Å². The lowest BCUT2D eigenvalue weighted by Crippen LogP contribution is -1.98. The van der Waals surface area contributed by atoms with Crippen LogP contribution in [-0.2, 0) is 6.54 Å². The average Bonchev–Trinajstić information content (AvgIpc) is 2.78. The van der Waals surface area contributed by atoms with Crippen LogP contribution in [0.5, 0.6) is 0 Å². The third kappa shape index (κ3) is 1.02. The highest BCUT2D eigenvalue weighted by Gasteiger charge is 2.22. The molecule has 14 heavy (non-hydrogen) atoms. The Hall–Kier alpha value is -1.76. The van der Waals surface area contributed by atoms with Crippen LogP contribution >= 0.6 is 0 Å². The minimum Gasteiger partial charge on any atom is -0.330 e. The molecule has 0 atom stereocenters. The second kappa shape index (κ2) is 2.61. The van der Waals surface area contributed by atoms with Crippen LogP contribution in [-0.4, -0.2) is 14.2 Å². The van der Waals surface area contributed by atoms with Crippen molar-refractivity contribution in [2.45, 2.75) is 19.4 Å². The lowest BCUT2D eigenvalue weighted by atomic mass is 10.3. The topological polar surface area (TPSA) is 46.0 Å². The molecule has 1 aliphatic rings. The van der Waals surface area contributed by atoms with E-state index in [0.717, 1.165) is 18.1 Å². The van der Waals surface area contributed by atoms with Crippen molar-refractivity contribution in [2.75, 3.05) is 0 Å². The zero-order chi connectivity index (χ0) is 9.54. The molecule has 0 spiro atoms. The standard InChI is InChI=1S/C10H10N4/c11-5-9-6-12-14-4-3-13(10(9)14)7-8-1-2-8/h3-4,6,8H,1-2,7H2. The Labute approximate surface area is 81.4 Å². The molecule has 0 aliphatic heterocycles. The number of imidazole rings is 1. The van der Waals surface area contributed by atoms with Gasteiger partial charge in [-0.15, -0.1) is 0 Å². The largest absolute Gasteiger partial charge is 0.330 e. The number of rotatable bonds is 2. The van der Waals surface area contributed by atoms with Crippen LogP contribution in [0, 0.1) is 17.2 Å². The summed E-state index contributed by atoms with van der Waals surface area (Å²) in [6.07, 6.45) is 8.17. The number of nitriles is 1. The van der Waals surface area contributed by atoms with E-state index in [-0.39, 0.29) is 0 Å². The summed E-state index contributed by atoms with van der Waals surface area (Å²) in [6.45, 7) is 1.02. The van der Waals surface area contributed by atoms with Crippen molar-refractivity contribution in [3.8, 4) is 6.07 Å². The fourth-order valence-electron chi connectivity index (χ4n) is 1.77. The first-order chi connectivity index (χ1) is 6.88. The molecule has 1 aliphatic carbocycles. The summed E-state index contributed by atoms with van der Waals surface area (Å²) in [5, 5.41) is 13.0. The molecule has 0 amide bonds. The summed E-state index contributed by atoms with van der Waals surface area (Å²) < 4.78 is 3.89. The van der Waals surface area contributed by atoms with Gasteiger partial charge in [0.25, 0.3) is 0 Å². The average molecular weight is 186 g/mol. The lowest BCUT2D eigenvalue weighted by Gasteiger charge is -2.00. The van der Waals surface area contributed by atoms with E-state index in [4.69, 9.17) is 5.26 Å². The van der Waals surface area contributed by atoms with Gasteiger partial charge >= 0.3 is 0 Å². The smallest absolute Gasteiger partial charge is 0.153 e. The van der Waals surface area contributed by atoms with Crippen LogP contribution < -0.4 is 0 Å². The quantitative estimate of drug-likeness (QED) is 0.712. The van der Waals surface area contributed by atoms with E-state index in [0.29, 0.717) is 5.56 Å². The maximum absolute atomic E-state index is 8.90. The summed E-state index contributed by atoms with van der Waals surface area (Å²) in [4.78, 5) is 0. The van der Waals surface area contributed by atoms with Gasteiger partial charge in [0.05, 0.1) is 6.20 Å². The number of hydrogen-bond donors (Lipinski definition) is 0. The number of aromatic nitrogens is 3. The highest BCUT2D eigenvalue weighted by Crippen LogP contribution is 2.31. The molecule has 2 aromatic heterocycles. The molecule has 0 N–H and O–H groups in total. The first kappa shape index (κ1) is 7.63. The van der Waals surface area contributed by atoms with Crippen LogP contribution in [0.1, 0.15) is 18.4 Å². The molecule has 3 rings (SSSR count). The lowest BCUT2D eigenvalue weighted by molar-refractivity contribution is 0.643. The van der Waals surface area contributed by atoms with Crippen molar-refractivity contribution in [2.24, 2.45) is 5.92 Å². The van der Waals surface area contributed by atoms with Gasteiger partial charge in [0.15, 0.2) is 5.65 Å². The number of hydrogen-bond acceptors (Lipinski definition) is 2. The van der Waals surface area contributed by atoms with Gasteiger partial charge in [0.1, 0.15) is 11.6 Å². The zero-order valence-electron chi connectivity index (χ0n) is 7.72. The molecule has 4 nitrogen and oxygen atoms in total. The van der Waals surface area contributed by atoms with Crippen LogP contribution in [0.2, 0.25) is 0 Å². The first-order valence-electron chi connectivity index (χ1n) is 4.81. The van der Waals surface area contributed by atoms with E-state index >= 15 is 0 Å². The minimum atomic E-state index is 0.663. The van der Waals surface area contributed by atoms with Crippen molar-refractivity contribution in [1.29, 1.82) is 5.26 Å². The minimum absolute atomic E-state index is 0.663. The van der Waals surface area contributed by atoms with Gasteiger partial charge in [0, 0.05) is 18.9 Å². The fourth-order valence-corrected chi connectivity index (χ4v) is 1.77. The van der Waals surface area contributed by atoms with E-state index in [1.54, 1.807) is 10.7 Å². The third-order valence-electron chi connectivity index (χ3n) is 2.70.